The SMILES string of the molecule is Cc1ccc(C(C)C)c(N2CCCCC2)c1OCc1ccccc1. The molecule has 0 aliphatic carbocycles. The van der Waals surface area contributed by atoms with Crippen LogP contribution in [0, 0.1) is 6.92 Å². The second-order valence-corrected chi connectivity index (χ2v) is 7.13. The second-order valence-electron chi connectivity index (χ2n) is 7.13. The van der Waals surface area contributed by atoms with Gasteiger partial charge < -0.3 is 9.64 Å². The molecule has 0 bridgehead atoms. The average Bonchev–Trinajstić information content (AvgIpc) is 2.61. The number of aryl methyl sites for hydroxylation is 1. The minimum atomic E-state index is 0.501. The van der Waals surface area contributed by atoms with Crippen molar-refractivity contribution < 1.29 is 4.74 Å². The number of ether oxygens (including phenoxy) is 1. The van der Waals surface area contributed by atoms with Gasteiger partial charge in [0.15, 0.2) is 0 Å². The molecular weight excluding hydrogens is 294 g/mol. The monoisotopic (exact) mass is 323 g/mol. The molecule has 1 fully saturated rings. The lowest BCUT2D eigenvalue weighted by molar-refractivity contribution is 0.303. The zero-order valence-electron chi connectivity index (χ0n) is 15.2. The lowest BCUT2D eigenvalue weighted by Gasteiger charge is -2.33. The molecule has 2 aromatic rings. The van der Waals surface area contributed by atoms with E-state index in [9.17, 15) is 0 Å². The van der Waals surface area contributed by atoms with Gasteiger partial charge in [0.25, 0.3) is 0 Å². The van der Waals surface area contributed by atoms with E-state index in [1.165, 1.54) is 41.6 Å². The number of hydrogen-bond acceptors (Lipinski definition) is 2. The zero-order chi connectivity index (χ0) is 16.9. The molecule has 1 saturated heterocycles. The van der Waals surface area contributed by atoms with E-state index in [1.54, 1.807) is 0 Å². The molecule has 1 aliphatic rings. The number of piperidine rings is 1. The molecule has 0 unspecified atom stereocenters. The molecule has 0 amide bonds. The van der Waals surface area contributed by atoms with Gasteiger partial charge in [-0.25, -0.2) is 0 Å². The molecule has 0 aromatic heterocycles. The minimum absolute atomic E-state index is 0.501. The third-order valence-electron chi connectivity index (χ3n) is 4.88. The van der Waals surface area contributed by atoms with Crippen LogP contribution in [0.4, 0.5) is 5.69 Å². The molecule has 1 heterocycles. The summed E-state index contributed by atoms with van der Waals surface area (Å²) >= 11 is 0. The first-order valence-electron chi connectivity index (χ1n) is 9.22. The van der Waals surface area contributed by atoms with Crippen LogP contribution in [0.15, 0.2) is 42.5 Å². The Balaban J connectivity index is 1.94. The Morgan fingerprint density at radius 1 is 0.958 bits per heavy atom. The summed E-state index contributed by atoms with van der Waals surface area (Å²) in [7, 11) is 0. The first-order chi connectivity index (χ1) is 11.7. The van der Waals surface area contributed by atoms with Crippen molar-refractivity contribution in [1.82, 2.24) is 0 Å². The Hall–Kier alpha value is -1.96. The number of rotatable bonds is 5. The molecule has 2 nitrogen and oxygen atoms in total. The summed E-state index contributed by atoms with van der Waals surface area (Å²) in [5, 5.41) is 0. The van der Waals surface area contributed by atoms with Crippen LogP contribution >= 0.6 is 0 Å². The first kappa shape index (κ1) is 16.9. The summed E-state index contributed by atoms with van der Waals surface area (Å²) in [4.78, 5) is 2.55. The Kier molecular flexibility index (Phi) is 5.44. The molecule has 0 saturated carbocycles. The largest absolute Gasteiger partial charge is 0.486 e. The molecule has 24 heavy (non-hydrogen) atoms. The highest BCUT2D eigenvalue weighted by atomic mass is 16.5. The summed E-state index contributed by atoms with van der Waals surface area (Å²) in [6.45, 7) is 9.63. The maximum atomic E-state index is 6.36. The highest BCUT2D eigenvalue weighted by Crippen LogP contribution is 2.40. The van der Waals surface area contributed by atoms with E-state index in [0.29, 0.717) is 12.5 Å². The van der Waals surface area contributed by atoms with Crippen molar-refractivity contribution >= 4 is 5.69 Å². The van der Waals surface area contributed by atoms with Crippen molar-refractivity contribution in [1.29, 1.82) is 0 Å². The first-order valence-corrected chi connectivity index (χ1v) is 9.22. The summed E-state index contributed by atoms with van der Waals surface area (Å²) in [5.74, 6) is 1.58. The van der Waals surface area contributed by atoms with Gasteiger partial charge in [0, 0.05) is 13.1 Å². The van der Waals surface area contributed by atoms with E-state index in [4.69, 9.17) is 4.74 Å². The Bertz CT molecular complexity index is 657. The molecule has 3 rings (SSSR count). The fourth-order valence-corrected chi connectivity index (χ4v) is 3.51. The van der Waals surface area contributed by atoms with Crippen molar-refractivity contribution in [2.24, 2.45) is 0 Å². The van der Waals surface area contributed by atoms with Crippen LogP contribution in [0.2, 0.25) is 0 Å². The summed E-state index contributed by atoms with van der Waals surface area (Å²) in [6, 6.07) is 14.9. The summed E-state index contributed by atoms with van der Waals surface area (Å²) in [6.07, 6.45) is 3.91. The molecule has 0 N–H and O–H groups in total. The fraction of sp³-hybridized carbons (Fsp3) is 0.455. The van der Waals surface area contributed by atoms with Crippen LogP contribution in [0.3, 0.4) is 0 Å². The summed E-state index contributed by atoms with van der Waals surface area (Å²) < 4.78 is 6.36. The van der Waals surface area contributed by atoms with E-state index >= 15 is 0 Å². The second kappa shape index (κ2) is 7.74. The lowest BCUT2D eigenvalue weighted by atomic mass is 9.96. The van der Waals surface area contributed by atoms with Crippen molar-refractivity contribution in [3.05, 3.63) is 59.2 Å². The zero-order valence-corrected chi connectivity index (χ0v) is 15.2. The van der Waals surface area contributed by atoms with Gasteiger partial charge in [0.05, 0.1) is 5.69 Å². The van der Waals surface area contributed by atoms with E-state index in [0.717, 1.165) is 18.8 Å². The van der Waals surface area contributed by atoms with Gasteiger partial charge in [-0.2, -0.15) is 0 Å². The fourth-order valence-electron chi connectivity index (χ4n) is 3.51. The minimum Gasteiger partial charge on any atom is -0.486 e. The van der Waals surface area contributed by atoms with E-state index in [-0.39, 0.29) is 0 Å². The molecule has 128 valence electrons. The molecule has 0 atom stereocenters. The smallest absolute Gasteiger partial charge is 0.146 e. The Morgan fingerprint density at radius 2 is 1.67 bits per heavy atom. The maximum absolute atomic E-state index is 6.36. The number of anilines is 1. The molecule has 2 aromatic carbocycles. The van der Waals surface area contributed by atoms with Crippen molar-refractivity contribution in [3.8, 4) is 5.75 Å². The molecule has 0 radical (unpaired) electrons. The van der Waals surface area contributed by atoms with Crippen molar-refractivity contribution in [2.75, 3.05) is 18.0 Å². The number of hydrogen-bond donors (Lipinski definition) is 0. The third kappa shape index (κ3) is 3.75. The van der Waals surface area contributed by atoms with Gasteiger partial charge >= 0.3 is 0 Å². The molecule has 2 heteroatoms. The summed E-state index contributed by atoms with van der Waals surface area (Å²) in [5.41, 5.74) is 5.19. The molecular formula is C22H29NO. The van der Waals surface area contributed by atoms with Gasteiger partial charge in [-0.1, -0.05) is 56.3 Å². The highest BCUT2D eigenvalue weighted by Gasteiger charge is 2.22. The quantitative estimate of drug-likeness (QED) is 0.701. The van der Waals surface area contributed by atoms with Crippen molar-refractivity contribution in [3.63, 3.8) is 0 Å². The Labute approximate surface area is 146 Å². The number of nitrogens with zero attached hydrogens (tertiary/aromatic N) is 1. The average molecular weight is 323 g/mol. The van der Waals surface area contributed by atoms with Crippen LogP contribution in [-0.4, -0.2) is 13.1 Å². The van der Waals surface area contributed by atoms with Crippen LogP contribution in [-0.2, 0) is 6.61 Å². The molecule has 1 aliphatic heterocycles. The van der Waals surface area contributed by atoms with Gasteiger partial charge in [0.2, 0.25) is 0 Å². The predicted octanol–water partition coefficient (Wildman–Crippen LogP) is 5.69. The predicted molar refractivity (Wildman–Crippen MR) is 102 cm³/mol. The van der Waals surface area contributed by atoms with Crippen LogP contribution < -0.4 is 9.64 Å². The topological polar surface area (TPSA) is 12.5 Å². The van der Waals surface area contributed by atoms with E-state index in [1.807, 2.05) is 6.07 Å². The van der Waals surface area contributed by atoms with Crippen LogP contribution in [0.25, 0.3) is 0 Å². The Morgan fingerprint density at radius 3 is 2.33 bits per heavy atom. The maximum Gasteiger partial charge on any atom is 0.146 e. The lowest BCUT2D eigenvalue weighted by Crippen LogP contribution is -2.31. The van der Waals surface area contributed by atoms with E-state index in [2.05, 4.69) is 62.1 Å². The van der Waals surface area contributed by atoms with E-state index < -0.39 is 0 Å². The van der Waals surface area contributed by atoms with Gasteiger partial charge in [-0.3, -0.25) is 0 Å². The standard InChI is InChI=1S/C22H29NO/c1-17(2)20-13-12-18(3)22(21(20)23-14-8-5-9-15-23)24-16-19-10-6-4-7-11-19/h4,6-7,10-13,17H,5,8-9,14-16H2,1-3H3. The third-order valence-corrected chi connectivity index (χ3v) is 4.88. The van der Waals surface area contributed by atoms with Crippen LogP contribution in [0.1, 0.15) is 55.7 Å². The van der Waals surface area contributed by atoms with Crippen LogP contribution in [0.5, 0.6) is 5.75 Å². The molecule has 0 spiro atoms. The van der Waals surface area contributed by atoms with Gasteiger partial charge in [-0.15, -0.1) is 0 Å². The van der Waals surface area contributed by atoms with Crippen molar-refractivity contribution in [2.45, 2.75) is 52.6 Å². The highest BCUT2D eigenvalue weighted by molar-refractivity contribution is 5.68. The number of benzene rings is 2. The van der Waals surface area contributed by atoms with Gasteiger partial charge in [-0.05, 0) is 48.8 Å². The van der Waals surface area contributed by atoms with Gasteiger partial charge in [0.1, 0.15) is 12.4 Å². The normalized spacial score (nSPS) is 14.9.